The molecule has 94 valence electrons. The van der Waals surface area contributed by atoms with Gasteiger partial charge in [0.1, 0.15) is 5.82 Å². The number of aromatic nitrogens is 3. The highest BCUT2D eigenvalue weighted by atomic mass is 16.4. The van der Waals surface area contributed by atoms with Crippen LogP contribution in [0.5, 0.6) is 0 Å². The van der Waals surface area contributed by atoms with Crippen LogP contribution < -0.4 is 0 Å². The lowest BCUT2D eigenvalue weighted by atomic mass is 10.2. The summed E-state index contributed by atoms with van der Waals surface area (Å²) in [6, 6.07) is 6.72. The fourth-order valence-electron chi connectivity index (χ4n) is 1.75. The molecule has 0 aliphatic heterocycles. The van der Waals surface area contributed by atoms with Gasteiger partial charge in [-0.05, 0) is 18.2 Å². The van der Waals surface area contributed by atoms with Crippen LogP contribution in [0, 0.1) is 0 Å². The minimum Gasteiger partial charge on any atom is -0.478 e. The van der Waals surface area contributed by atoms with Crippen molar-refractivity contribution in [1.82, 2.24) is 14.8 Å². The van der Waals surface area contributed by atoms with Crippen molar-refractivity contribution < 1.29 is 9.90 Å². The van der Waals surface area contributed by atoms with Gasteiger partial charge < -0.3 is 5.11 Å². The van der Waals surface area contributed by atoms with E-state index in [-0.39, 0.29) is 5.56 Å². The Balaban J connectivity index is 2.50. The quantitative estimate of drug-likeness (QED) is 0.895. The number of hydrogen-bond acceptors (Lipinski definition) is 3. The molecule has 1 aromatic heterocycles. The van der Waals surface area contributed by atoms with Crippen LogP contribution in [0.15, 0.2) is 24.3 Å². The van der Waals surface area contributed by atoms with E-state index < -0.39 is 5.97 Å². The number of rotatable bonds is 4. The van der Waals surface area contributed by atoms with Crippen molar-refractivity contribution in [3.05, 3.63) is 41.5 Å². The summed E-state index contributed by atoms with van der Waals surface area (Å²) in [6.45, 7) is 3.99. The van der Waals surface area contributed by atoms with Crippen LogP contribution in [0.25, 0.3) is 5.69 Å². The Kier molecular flexibility index (Phi) is 3.41. The largest absolute Gasteiger partial charge is 0.478 e. The van der Waals surface area contributed by atoms with Gasteiger partial charge in [0.15, 0.2) is 5.82 Å². The highest BCUT2D eigenvalue weighted by Gasteiger charge is 2.10. The maximum Gasteiger partial charge on any atom is 0.335 e. The number of carboxylic acid groups (broad SMARTS) is 1. The van der Waals surface area contributed by atoms with Crippen LogP contribution in [0.1, 0.15) is 35.9 Å². The molecule has 0 unspecified atom stereocenters. The van der Waals surface area contributed by atoms with Gasteiger partial charge in [-0.15, -0.1) is 0 Å². The van der Waals surface area contributed by atoms with Crippen LogP contribution in [-0.4, -0.2) is 25.8 Å². The number of carbonyl (C=O) groups is 1. The normalized spacial score (nSPS) is 10.6. The Morgan fingerprint density at radius 3 is 2.72 bits per heavy atom. The molecule has 18 heavy (non-hydrogen) atoms. The van der Waals surface area contributed by atoms with Gasteiger partial charge in [0.2, 0.25) is 0 Å². The minimum atomic E-state index is -0.939. The first-order chi connectivity index (χ1) is 8.65. The molecule has 0 aliphatic carbocycles. The third kappa shape index (κ3) is 2.25. The van der Waals surface area contributed by atoms with Gasteiger partial charge in [-0.1, -0.05) is 19.9 Å². The standard InChI is InChI=1S/C13H15N3O2/c1-3-11-14-12(4-2)16(15-11)10-7-5-6-9(8-10)13(17)18/h5-8H,3-4H2,1-2H3,(H,17,18). The highest BCUT2D eigenvalue weighted by Crippen LogP contribution is 2.13. The molecule has 1 N–H and O–H groups in total. The van der Waals surface area contributed by atoms with Crippen molar-refractivity contribution in [3.63, 3.8) is 0 Å². The van der Waals surface area contributed by atoms with E-state index in [1.165, 1.54) is 0 Å². The van der Waals surface area contributed by atoms with E-state index in [2.05, 4.69) is 10.1 Å². The lowest BCUT2D eigenvalue weighted by molar-refractivity contribution is 0.0697. The Labute approximate surface area is 105 Å². The predicted octanol–water partition coefficient (Wildman–Crippen LogP) is 2.09. The zero-order valence-corrected chi connectivity index (χ0v) is 10.4. The van der Waals surface area contributed by atoms with Gasteiger partial charge in [0, 0.05) is 12.8 Å². The third-order valence-corrected chi connectivity index (χ3v) is 2.69. The maximum atomic E-state index is 11.0. The van der Waals surface area contributed by atoms with Crippen LogP contribution in [0.3, 0.4) is 0 Å². The molecule has 0 saturated carbocycles. The maximum absolute atomic E-state index is 11.0. The third-order valence-electron chi connectivity index (χ3n) is 2.69. The van der Waals surface area contributed by atoms with Crippen molar-refractivity contribution in [2.75, 3.05) is 0 Å². The lowest BCUT2D eigenvalue weighted by Crippen LogP contribution is -2.04. The van der Waals surface area contributed by atoms with E-state index in [0.29, 0.717) is 0 Å². The van der Waals surface area contributed by atoms with E-state index in [1.54, 1.807) is 22.9 Å². The van der Waals surface area contributed by atoms with Gasteiger partial charge >= 0.3 is 5.97 Å². The summed E-state index contributed by atoms with van der Waals surface area (Å²) < 4.78 is 1.71. The predicted molar refractivity (Wildman–Crippen MR) is 67.1 cm³/mol. The highest BCUT2D eigenvalue weighted by molar-refractivity contribution is 5.88. The monoisotopic (exact) mass is 245 g/mol. The van der Waals surface area contributed by atoms with Crippen LogP contribution in [0.4, 0.5) is 0 Å². The lowest BCUT2D eigenvalue weighted by Gasteiger charge is -2.05. The SMILES string of the molecule is CCc1nc(CC)n(-c2cccc(C(=O)O)c2)n1. The van der Waals surface area contributed by atoms with Gasteiger partial charge in [0.05, 0.1) is 11.3 Å². The fourth-order valence-corrected chi connectivity index (χ4v) is 1.75. The Morgan fingerprint density at radius 2 is 2.11 bits per heavy atom. The second-order valence-electron chi connectivity index (χ2n) is 3.92. The van der Waals surface area contributed by atoms with E-state index in [4.69, 9.17) is 5.11 Å². The van der Waals surface area contributed by atoms with Crippen LogP contribution in [-0.2, 0) is 12.8 Å². The topological polar surface area (TPSA) is 68.0 Å². The molecule has 0 spiro atoms. The Bertz CT molecular complexity index is 575. The van der Waals surface area contributed by atoms with Crippen molar-refractivity contribution >= 4 is 5.97 Å². The first-order valence-corrected chi connectivity index (χ1v) is 5.94. The molecule has 0 saturated heterocycles. The molecular weight excluding hydrogens is 230 g/mol. The van der Waals surface area contributed by atoms with Crippen molar-refractivity contribution in [2.24, 2.45) is 0 Å². The molecule has 5 heteroatoms. The molecule has 1 heterocycles. The molecule has 5 nitrogen and oxygen atoms in total. The summed E-state index contributed by atoms with van der Waals surface area (Å²) in [7, 11) is 0. The molecule has 2 aromatic rings. The molecular formula is C13H15N3O2. The molecule has 0 amide bonds. The summed E-state index contributed by atoms with van der Waals surface area (Å²) in [5.41, 5.74) is 0.988. The second-order valence-corrected chi connectivity index (χ2v) is 3.92. The number of aryl methyl sites for hydroxylation is 2. The summed E-state index contributed by atoms with van der Waals surface area (Å²) in [5.74, 6) is 0.674. The van der Waals surface area contributed by atoms with Crippen molar-refractivity contribution in [2.45, 2.75) is 26.7 Å². The van der Waals surface area contributed by atoms with E-state index in [9.17, 15) is 4.79 Å². The molecule has 0 atom stereocenters. The Hall–Kier alpha value is -2.17. The summed E-state index contributed by atoms with van der Waals surface area (Å²) >= 11 is 0. The van der Waals surface area contributed by atoms with Gasteiger partial charge in [-0.3, -0.25) is 0 Å². The second kappa shape index (κ2) is 5.00. The summed E-state index contributed by atoms with van der Waals surface area (Å²) in [5, 5.41) is 13.4. The summed E-state index contributed by atoms with van der Waals surface area (Å²) in [6.07, 6.45) is 1.52. The number of nitrogens with zero attached hydrogens (tertiary/aromatic N) is 3. The number of hydrogen-bond donors (Lipinski definition) is 1. The fraction of sp³-hybridized carbons (Fsp3) is 0.308. The summed E-state index contributed by atoms with van der Waals surface area (Å²) in [4.78, 5) is 15.4. The number of benzene rings is 1. The van der Waals surface area contributed by atoms with Gasteiger partial charge in [-0.25, -0.2) is 14.5 Å². The first kappa shape index (κ1) is 12.3. The molecule has 0 aliphatic rings. The van der Waals surface area contributed by atoms with Crippen molar-refractivity contribution in [3.8, 4) is 5.69 Å². The average Bonchev–Trinajstić information content (AvgIpc) is 2.82. The molecule has 0 fully saturated rings. The zero-order valence-electron chi connectivity index (χ0n) is 10.4. The minimum absolute atomic E-state index is 0.253. The molecule has 0 radical (unpaired) electrons. The number of aromatic carboxylic acids is 1. The van der Waals surface area contributed by atoms with E-state index in [0.717, 1.165) is 30.2 Å². The first-order valence-electron chi connectivity index (χ1n) is 5.94. The van der Waals surface area contributed by atoms with E-state index >= 15 is 0 Å². The molecule has 2 rings (SSSR count). The number of carboxylic acids is 1. The van der Waals surface area contributed by atoms with Gasteiger partial charge in [-0.2, -0.15) is 5.10 Å². The smallest absolute Gasteiger partial charge is 0.335 e. The molecule has 0 bridgehead atoms. The van der Waals surface area contributed by atoms with Gasteiger partial charge in [0.25, 0.3) is 0 Å². The zero-order chi connectivity index (χ0) is 13.1. The van der Waals surface area contributed by atoms with Crippen molar-refractivity contribution in [1.29, 1.82) is 0 Å². The average molecular weight is 245 g/mol. The molecule has 1 aromatic carbocycles. The van der Waals surface area contributed by atoms with Crippen LogP contribution in [0.2, 0.25) is 0 Å². The Morgan fingerprint density at radius 1 is 1.33 bits per heavy atom. The van der Waals surface area contributed by atoms with Crippen LogP contribution >= 0.6 is 0 Å². The van der Waals surface area contributed by atoms with E-state index in [1.807, 2.05) is 19.9 Å².